The predicted octanol–water partition coefficient (Wildman–Crippen LogP) is 4.38. The van der Waals surface area contributed by atoms with Crippen molar-refractivity contribution in [3.8, 4) is 0 Å². The van der Waals surface area contributed by atoms with Crippen molar-refractivity contribution in [1.29, 1.82) is 0 Å². The van der Waals surface area contributed by atoms with E-state index in [4.69, 9.17) is 0 Å². The molecule has 0 atom stereocenters. The third-order valence-electron chi connectivity index (χ3n) is 4.30. The van der Waals surface area contributed by atoms with Crippen molar-refractivity contribution in [2.75, 3.05) is 10.6 Å². The Kier molecular flexibility index (Phi) is 4.27. The van der Waals surface area contributed by atoms with Crippen molar-refractivity contribution in [3.63, 3.8) is 0 Å². The lowest BCUT2D eigenvalue weighted by atomic mass is 10.1. The van der Waals surface area contributed by atoms with Crippen LogP contribution in [0.3, 0.4) is 0 Å². The molecule has 0 unspecified atom stereocenters. The molecular weight excluding hydrogens is 326 g/mol. The third kappa shape index (κ3) is 3.83. The van der Waals surface area contributed by atoms with Crippen LogP contribution in [-0.4, -0.2) is 18.0 Å². The van der Waals surface area contributed by atoms with Crippen molar-refractivity contribution in [1.82, 2.24) is 5.32 Å². The Morgan fingerprint density at radius 3 is 2.35 bits per heavy atom. The zero-order valence-corrected chi connectivity index (χ0v) is 14.2. The average molecular weight is 345 g/mol. The van der Waals surface area contributed by atoms with Crippen LogP contribution >= 0.6 is 0 Å². The molecule has 0 spiro atoms. The Morgan fingerprint density at radius 2 is 1.54 bits per heavy atom. The molecule has 5 nitrogen and oxygen atoms in total. The van der Waals surface area contributed by atoms with Crippen LogP contribution in [-0.2, 0) is 0 Å². The first-order chi connectivity index (χ1) is 12.7. The minimum Gasteiger partial charge on any atom is -0.335 e. The summed E-state index contributed by atoms with van der Waals surface area (Å²) in [5.41, 5.74) is 1.82. The molecule has 0 aliphatic heterocycles. The quantitative estimate of drug-likeness (QED) is 0.657. The van der Waals surface area contributed by atoms with Gasteiger partial charge in [0.2, 0.25) is 0 Å². The maximum absolute atomic E-state index is 12.5. The highest BCUT2D eigenvalue weighted by Crippen LogP contribution is 2.21. The molecule has 0 aromatic heterocycles. The van der Waals surface area contributed by atoms with Crippen LogP contribution in [0.15, 0.2) is 66.7 Å². The van der Waals surface area contributed by atoms with Gasteiger partial charge >= 0.3 is 6.03 Å². The summed E-state index contributed by atoms with van der Waals surface area (Å²) in [6, 6.07) is 20.7. The number of fused-ring (bicyclic) bond motifs is 1. The summed E-state index contributed by atoms with van der Waals surface area (Å²) in [7, 11) is 0. The Labute approximate surface area is 151 Å². The molecule has 1 fully saturated rings. The number of amides is 3. The molecule has 4 rings (SSSR count). The lowest BCUT2D eigenvalue weighted by molar-refractivity contribution is 0.102. The van der Waals surface area contributed by atoms with Crippen molar-refractivity contribution < 1.29 is 9.59 Å². The van der Waals surface area contributed by atoms with Gasteiger partial charge in [-0.2, -0.15) is 0 Å². The minimum atomic E-state index is -0.236. The van der Waals surface area contributed by atoms with Gasteiger partial charge in [-0.15, -0.1) is 0 Å². The molecule has 0 heterocycles. The van der Waals surface area contributed by atoms with E-state index in [1.807, 2.05) is 42.5 Å². The number of urea groups is 1. The van der Waals surface area contributed by atoms with Crippen molar-refractivity contribution in [2.24, 2.45) is 0 Å². The van der Waals surface area contributed by atoms with E-state index in [1.54, 1.807) is 24.3 Å². The Morgan fingerprint density at radius 1 is 0.769 bits per heavy atom. The molecule has 3 amide bonds. The Balaban J connectivity index is 1.46. The maximum atomic E-state index is 12.5. The molecule has 26 heavy (non-hydrogen) atoms. The Bertz CT molecular complexity index is 980. The highest BCUT2D eigenvalue weighted by molar-refractivity contribution is 6.06. The second-order valence-electron chi connectivity index (χ2n) is 6.47. The van der Waals surface area contributed by atoms with Gasteiger partial charge in [-0.1, -0.05) is 36.4 Å². The molecule has 3 aromatic rings. The number of nitrogens with one attached hydrogen (secondary N) is 3. The van der Waals surface area contributed by atoms with E-state index in [2.05, 4.69) is 16.0 Å². The Hall–Kier alpha value is -3.34. The average Bonchev–Trinajstić information content (AvgIpc) is 3.45. The van der Waals surface area contributed by atoms with Gasteiger partial charge in [-0.3, -0.25) is 4.79 Å². The molecule has 1 aliphatic rings. The summed E-state index contributed by atoms with van der Waals surface area (Å²) in [5, 5.41) is 10.7. The van der Waals surface area contributed by atoms with E-state index in [9.17, 15) is 9.59 Å². The van der Waals surface area contributed by atoms with Gasteiger partial charge in [0.25, 0.3) is 5.91 Å². The fraction of sp³-hybridized carbons (Fsp3) is 0.143. The van der Waals surface area contributed by atoms with Gasteiger partial charge in [0.05, 0.1) is 0 Å². The SMILES string of the molecule is O=C(Nc1cccc(C(=O)Nc2ccc3ccccc3c2)c1)NC1CC1. The summed E-state index contributed by atoms with van der Waals surface area (Å²) in [4.78, 5) is 24.4. The molecule has 3 aromatic carbocycles. The van der Waals surface area contributed by atoms with E-state index in [0.717, 1.165) is 29.3 Å². The highest BCUT2D eigenvalue weighted by atomic mass is 16.2. The lowest BCUT2D eigenvalue weighted by Crippen LogP contribution is -2.30. The standard InChI is InChI=1S/C21H19N3O2/c25-20(22-19-9-8-14-4-1-2-5-15(14)12-19)16-6-3-7-18(13-16)24-21(26)23-17-10-11-17/h1-9,12-13,17H,10-11H2,(H,22,25)(H2,23,24,26). The molecular formula is C21H19N3O2. The number of hydrogen-bond donors (Lipinski definition) is 3. The largest absolute Gasteiger partial charge is 0.335 e. The first-order valence-corrected chi connectivity index (χ1v) is 8.65. The van der Waals surface area contributed by atoms with Gasteiger partial charge in [0.15, 0.2) is 0 Å². The number of anilines is 2. The number of carbonyl (C=O) groups is 2. The first-order valence-electron chi connectivity index (χ1n) is 8.65. The van der Waals surface area contributed by atoms with Crippen molar-refractivity contribution >= 4 is 34.1 Å². The zero-order chi connectivity index (χ0) is 17.9. The van der Waals surface area contributed by atoms with Crippen molar-refractivity contribution in [2.45, 2.75) is 18.9 Å². The van der Waals surface area contributed by atoms with E-state index < -0.39 is 0 Å². The smallest absolute Gasteiger partial charge is 0.319 e. The van der Waals surface area contributed by atoms with E-state index in [0.29, 0.717) is 11.3 Å². The van der Waals surface area contributed by atoms with Crippen LogP contribution in [0.4, 0.5) is 16.2 Å². The van der Waals surface area contributed by atoms with Gasteiger partial charge in [0, 0.05) is 23.0 Å². The second-order valence-corrected chi connectivity index (χ2v) is 6.47. The molecule has 0 bridgehead atoms. The number of benzene rings is 3. The van der Waals surface area contributed by atoms with Crippen LogP contribution in [0, 0.1) is 0 Å². The molecule has 0 radical (unpaired) electrons. The van der Waals surface area contributed by atoms with Crippen LogP contribution in [0.2, 0.25) is 0 Å². The normalized spacial score (nSPS) is 13.2. The molecule has 1 saturated carbocycles. The first kappa shape index (κ1) is 16.1. The van der Waals surface area contributed by atoms with Gasteiger partial charge < -0.3 is 16.0 Å². The van der Waals surface area contributed by atoms with Crippen LogP contribution in [0.25, 0.3) is 10.8 Å². The van der Waals surface area contributed by atoms with Gasteiger partial charge in [-0.25, -0.2) is 4.79 Å². The molecule has 0 saturated heterocycles. The highest BCUT2D eigenvalue weighted by Gasteiger charge is 2.23. The maximum Gasteiger partial charge on any atom is 0.319 e. The predicted molar refractivity (Wildman–Crippen MR) is 104 cm³/mol. The summed E-state index contributed by atoms with van der Waals surface area (Å²) in [6.07, 6.45) is 2.06. The zero-order valence-electron chi connectivity index (χ0n) is 14.2. The molecule has 3 N–H and O–H groups in total. The summed E-state index contributed by atoms with van der Waals surface area (Å²) >= 11 is 0. The summed E-state index contributed by atoms with van der Waals surface area (Å²) in [6.45, 7) is 0. The lowest BCUT2D eigenvalue weighted by Gasteiger charge is -2.09. The van der Waals surface area contributed by atoms with Crippen molar-refractivity contribution in [3.05, 3.63) is 72.3 Å². The summed E-state index contributed by atoms with van der Waals surface area (Å²) in [5.74, 6) is -0.216. The van der Waals surface area contributed by atoms with Crippen LogP contribution in [0.1, 0.15) is 23.2 Å². The van der Waals surface area contributed by atoms with Crippen LogP contribution in [0.5, 0.6) is 0 Å². The topological polar surface area (TPSA) is 70.2 Å². The fourth-order valence-corrected chi connectivity index (χ4v) is 2.79. The van der Waals surface area contributed by atoms with E-state index in [-0.39, 0.29) is 18.0 Å². The molecule has 1 aliphatic carbocycles. The minimum absolute atomic E-state index is 0.216. The molecule has 130 valence electrons. The third-order valence-corrected chi connectivity index (χ3v) is 4.30. The number of carbonyl (C=O) groups excluding carboxylic acids is 2. The number of hydrogen-bond acceptors (Lipinski definition) is 2. The van der Waals surface area contributed by atoms with E-state index in [1.165, 1.54) is 0 Å². The van der Waals surface area contributed by atoms with Crippen LogP contribution < -0.4 is 16.0 Å². The summed E-state index contributed by atoms with van der Waals surface area (Å²) < 4.78 is 0. The second kappa shape index (κ2) is 6.88. The van der Waals surface area contributed by atoms with Gasteiger partial charge in [0.1, 0.15) is 0 Å². The van der Waals surface area contributed by atoms with Gasteiger partial charge in [-0.05, 0) is 53.9 Å². The molecule has 5 heteroatoms. The number of rotatable bonds is 4. The van der Waals surface area contributed by atoms with E-state index >= 15 is 0 Å². The fourth-order valence-electron chi connectivity index (χ4n) is 2.79. The monoisotopic (exact) mass is 345 g/mol.